The molecule has 0 aromatic heterocycles. The Morgan fingerprint density at radius 1 is 1.19 bits per heavy atom. The van der Waals surface area contributed by atoms with Gasteiger partial charge in [-0.25, -0.2) is 8.42 Å². The van der Waals surface area contributed by atoms with Crippen LogP contribution in [-0.4, -0.2) is 38.6 Å². The maximum Gasteiger partial charge on any atom is 0.253 e. The number of hydrogen-bond donors (Lipinski definition) is 0. The van der Waals surface area contributed by atoms with Crippen LogP contribution in [-0.2, 0) is 16.6 Å². The van der Waals surface area contributed by atoms with Gasteiger partial charge in [0, 0.05) is 35.7 Å². The molecule has 2 aromatic carbocycles. The molecule has 1 fully saturated rings. The van der Waals surface area contributed by atoms with E-state index in [-0.39, 0.29) is 11.7 Å². The van der Waals surface area contributed by atoms with E-state index in [0.29, 0.717) is 40.8 Å². The maximum atomic E-state index is 12.7. The van der Waals surface area contributed by atoms with Gasteiger partial charge >= 0.3 is 0 Å². The minimum atomic E-state index is -3.28. The van der Waals surface area contributed by atoms with Gasteiger partial charge in [0.2, 0.25) is 10.0 Å². The number of nitrogens with zero attached hydrogens (tertiary/aromatic N) is 2. The van der Waals surface area contributed by atoms with Crippen molar-refractivity contribution in [1.82, 2.24) is 4.90 Å². The first-order valence-electron chi connectivity index (χ1n) is 8.08. The van der Waals surface area contributed by atoms with Crippen LogP contribution in [0.15, 0.2) is 42.5 Å². The van der Waals surface area contributed by atoms with E-state index in [1.165, 1.54) is 9.21 Å². The lowest BCUT2D eigenvalue weighted by molar-refractivity contribution is 0.0785. The summed E-state index contributed by atoms with van der Waals surface area (Å²) in [5.74, 6) is -0.0744. The molecular weight excluding hydrogens is 395 g/mol. The van der Waals surface area contributed by atoms with E-state index in [2.05, 4.69) is 0 Å². The maximum absolute atomic E-state index is 12.7. The molecule has 138 valence electrons. The van der Waals surface area contributed by atoms with Gasteiger partial charge in [-0.3, -0.25) is 9.10 Å². The first-order chi connectivity index (χ1) is 12.3. The summed E-state index contributed by atoms with van der Waals surface area (Å²) in [6.07, 6.45) is 0.593. The fourth-order valence-electron chi connectivity index (χ4n) is 2.92. The summed E-state index contributed by atoms with van der Waals surface area (Å²) < 4.78 is 25.5. The van der Waals surface area contributed by atoms with Crippen LogP contribution in [0.1, 0.15) is 22.3 Å². The van der Waals surface area contributed by atoms with E-state index in [9.17, 15) is 13.2 Å². The summed E-state index contributed by atoms with van der Waals surface area (Å²) >= 11 is 12.1. The molecule has 0 spiro atoms. The van der Waals surface area contributed by atoms with Gasteiger partial charge in [0.15, 0.2) is 0 Å². The topological polar surface area (TPSA) is 57.7 Å². The van der Waals surface area contributed by atoms with Crippen molar-refractivity contribution in [3.8, 4) is 0 Å². The van der Waals surface area contributed by atoms with Crippen molar-refractivity contribution in [2.75, 3.05) is 23.7 Å². The van der Waals surface area contributed by atoms with Crippen molar-refractivity contribution in [3.05, 3.63) is 63.6 Å². The molecular formula is C18H18Cl2N2O3S. The Hall–Kier alpha value is -1.76. The summed E-state index contributed by atoms with van der Waals surface area (Å²) in [6.45, 7) is 0.761. The Morgan fingerprint density at radius 2 is 1.96 bits per heavy atom. The summed E-state index contributed by atoms with van der Waals surface area (Å²) in [5.41, 5.74) is 1.73. The lowest BCUT2D eigenvalue weighted by Gasteiger charge is -2.20. The quantitative estimate of drug-likeness (QED) is 0.766. The number of anilines is 1. The Kier molecular flexibility index (Phi) is 5.46. The number of halogens is 2. The number of carbonyl (C=O) groups is 1. The highest BCUT2D eigenvalue weighted by molar-refractivity contribution is 7.93. The van der Waals surface area contributed by atoms with Crippen molar-refractivity contribution in [2.24, 2.45) is 0 Å². The zero-order valence-electron chi connectivity index (χ0n) is 14.2. The molecule has 1 amide bonds. The van der Waals surface area contributed by atoms with Crippen molar-refractivity contribution in [2.45, 2.75) is 13.0 Å². The zero-order valence-corrected chi connectivity index (χ0v) is 16.5. The molecule has 1 heterocycles. The van der Waals surface area contributed by atoms with Gasteiger partial charge in [0.25, 0.3) is 5.91 Å². The van der Waals surface area contributed by atoms with Crippen LogP contribution < -0.4 is 4.31 Å². The molecule has 0 bridgehead atoms. The second kappa shape index (κ2) is 7.47. The van der Waals surface area contributed by atoms with Gasteiger partial charge < -0.3 is 4.90 Å². The Bertz CT molecular complexity index is 947. The third-order valence-electron chi connectivity index (χ3n) is 4.25. The summed E-state index contributed by atoms with van der Waals surface area (Å²) in [6, 6.07) is 11.8. The summed E-state index contributed by atoms with van der Waals surface area (Å²) in [4.78, 5) is 14.3. The minimum Gasteiger partial charge on any atom is -0.337 e. The Balaban J connectivity index is 1.80. The fourth-order valence-corrected chi connectivity index (χ4v) is 4.95. The Morgan fingerprint density at radius 3 is 2.62 bits per heavy atom. The molecule has 0 N–H and O–H groups in total. The molecule has 2 aromatic rings. The minimum absolute atomic E-state index is 0.139. The van der Waals surface area contributed by atoms with E-state index in [1.54, 1.807) is 49.5 Å². The van der Waals surface area contributed by atoms with Gasteiger partial charge in [0.1, 0.15) is 0 Å². The highest BCUT2D eigenvalue weighted by atomic mass is 35.5. The van der Waals surface area contributed by atoms with Crippen LogP contribution >= 0.6 is 23.2 Å². The molecule has 1 aliphatic rings. The Labute approximate surface area is 163 Å². The van der Waals surface area contributed by atoms with E-state index < -0.39 is 10.0 Å². The molecule has 0 saturated carbocycles. The van der Waals surface area contributed by atoms with Gasteiger partial charge in [-0.05, 0) is 42.3 Å². The van der Waals surface area contributed by atoms with Crippen molar-refractivity contribution in [1.29, 1.82) is 0 Å². The molecule has 0 radical (unpaired) electrons. The highest BCUT2D eigenvalue weighted by Crippen LogP contribution is 2.26. The van der Waals surface area contributed by atoms with Crippen LogP contribution in [0, 0.1) is 0 Å². The van der Waals surface area contributed by atoms with E-state index in [4.69, 9.17) is 23.2 Å². The van der Waals surface area contributed by atoms with Crippen molar-refractivity contribution < 1.29 is 13.2 Å². The van der Waals surface area contributed by atoms with Gasteiger partial charge in [-0.15, -0.1) is 0 Å². The number of sulfonamides is 1. The molecule has 0 atom stereocenters. The molecule has 26 heavy (non-hydrogen) atoms. The van der Waals surface area contributed by atoms with Gasteiger partial charge in [-0.2, -0.15) is 0 Å². The van der Waals surface area contributed by atoms with E-state index in [1.807, 2.05) is 0 Å². The van der Waals surface area contributed by atoms with Gasteiger partial charge in [-0.1, -0.05) is 35.3 Å². The molecule has 8 heteroatoms. The molecule has 5 nitrogen and oxygen atoms in total. The SMILES string of the molecule is CN(Cc1ccc(Cl)cc1Cl)C(=O)c1cccc(N2CCCS2(=O)=O)c1. The van der Waals surface area contributed by atoms with Crippen LogP contribution in [0.4, 0.5) is 5.69 Å². The van der Waals surface area contributed by atoms with Crippen LogP contribution in [0.5, 0.6) is 0 Å². The monoisotopic (exact) mass is 412 g/mol. The third-order valence-corrected chi connectivity index (χ3v) is 6.71. The van der Waals surface area contributed by atoms with E-state index >= 15 is 0 Å². The number of carbonyl (C=O) groups excluding carboxylic acids is 1. The van der Waals surface area contributed by atoms with Crippen LogP contribution in [0.3, 0.4) is 0 Å². The smallest absolute Gasteiger partial charge is 0.253 e. The van der Waals surface area contributed by atoms with E-state index in [0.717, 1.165) is 5.56 Å². The normalized spacial score (nSPS) is 15.9. The molecule has 1 aliphatic heterocycles. The second-order valence-electron chi connectivity index (χ2n) is 6.19. The predicted molar refractivity (Wildman–Crippen MR) is 104 cm³/mol. The highest BCUT2D eigenvalue weighted by Gasteiger charge is 2.28. The standard InChI is InChI=1S/C18H18Cl2N2O3S/c1-21(12-14-6-7-15(19)11-17(14)20)18(23)13-4-2-5-16(10-13)22-8-3-9-26(22,24)25/h2,4-7,10-11H,3,8-9,12H2,1H3. The summed E-state index contributed by atoms with van der Waals surface area (Å²) in [5, 5.41) is 1.03. The van der Waals surface area contributed by atoms with Crippen molar-refractivity contribution >= 4 is 44.8 Å². The molecule has 3 rings (SSSR count). The first-order valence-corrected chi connectivity index (χ1v) is 10.4. The average molecular weight is 413 g/mol. The molecule has 1 saturated heterocycles. The number of rotatable bonds is 4. The number of amides is 1. The van der Waals surface area contributed by atoms with Crippen LogP contribution in [0.25, 0.3) is 0 Å². The summed E-state index contributed by atoms with van der Waals surface area (Å²) in [7, 11) is -1.61. The fraction of sp³-hybridized carbons (Fsp3) is 0.278. The van der Waals surface area contributed by atoms with Gasteiger partial charge in [0.05, 0.1) is 11.4 Å². The van der Waals surface area contributed by atoms with Crippen molar-refractivity contribution in [3.63, 3.8) is 0 Å². The third kappa shape index (κ3) is 3.98. The number of hydrogen-bond acceptors (Lipinski definition) is 3. The van der Waals surface area contributed by atoms with Crippen LogP contribution in [0.2, 0.25) is 10.0 Å². The second-order valence-corrected chi connectivity index (χ2v) is 9.05. The average Bonchev–Trinajstić information content (AvgIpc) is 2.96. The predicted octanol–water partition coefficient (Wildman–Crippen LogP) is 3.81. The molecule has 0 aliphatic carbocycles. The zero-order chi connectivity index (χ0) is 18.9. The largest absolute Gasteiger partial charge is 0.337 e. The lowest BCUT2D eigenvalue weighted by atomic mass is 10.1. The number of benzene rings is 2. The first kappa shape index (κ1) is 19.0. The lowest BCUT2D eigenvalue weighted by Crippen LogP contribution is -2.28. The molecule has 0 unspecified atom stereocenters.